The molecule has 1 fully saturated rings. The zero-order chi connectivity index (χ0) is 17.8. The van der Waals surface area contributed by atoms with Gasteiger partial charge in [0.1, 0.15) is 5.78 Å². The fraction of sp³-hybridized carbons (Fsp3) is 0.889. The highest BCUT2D eigenvalue weighted by Gasteiger charge is 2.27. The summed E-state index contributed by atoms with van der Waals surface area (Å²) >= 11 is 0. The van der Waals surface area contributed by atoms with Gasteiger partial charge in [-0.3, -0.25) is 9.59 Å². The first-order valence-electron chi connectivity index (χ1n) is 9.02. The minimum Gasteiger partial charge on any atom is -0.382 e. The van der Waals surface area contributed by atoms with Crippen LogP contribution in [0.5, 0.6) is 0 Å². The Labute approximate surface area is 145 Å². The van der Waals surface area contributed by atoms with Gasteiger partial charge in [-0.05, 0) is 25.7 Å². The largest absolute Gasteiger partial charge is 0.382 e. The van der Waals surface area contributed by atoms with E-state index in [-0.39, 0.29) is 23.8 Å². The van der Waals surface area contributed by atoms with Gasteiger partial charge in [-0.1, -0.05) is 13.8 Å². The van der Waals surface area contributed by atoms with Gasteiger partial charge in [0.25, 0.3) is 0 Å². The number of amides is 1. The van der Waals surface area contributed by atoms with E-state index in [0.29, 0.717) is 45.2 Å². The van der Waals surface area contributed by atoms with E-state index in [1.54, 1.807) is 7.11 Å². The second-order valence-corrected chi connectivity index (χ2v) is 6.64. The molecule has 1 aliphatic rings. The standard InChI is InChI=1S/C18H33NO5/c1-14(2)18(21)15-4-6-16(7-5-15)19-17(20)8-9-23-12-13-24-11-10-22-3/h14-16H,4-13H2,1-3H3,(H,19,20). The molecule has 24 heavy (non-hydrogen) atoms. The van der Waals surface area contributed by atoms with Crippen LogP contribution in [0.25, 0.3) is 0 Å². The Morgan fingerprint density at radius 3 is 2.12 bits per heavy atom. The Morgan fingerprint density at radius 1 is 0.958 bits per heavy atom. The van der Waals surface area contributed by atoms with Crippen molar-refractivity contribution in [1.29, 1.82) is 0 Å². The summed E-state index contributed by atoms with van der Waals surface area (Å²) in [6.45, 7) is 6.45. The molecule has 140 valence electrons. The van der Waals surface area contributed by atoms with E-state index < -0.39 is 0 Å². The Morgan fingerprint density at radius 2 is 1.54 bits per heavy atom. The summed E-state index contributed by atoms with van der Waals surface area (Å²) in [5, 5.41) is 3.05. The number of methoxy groups -OCH3 is 1. The number of rotatable bonds is 12. The molecule has 6 nitrogen and oxygen atoms in total. The summed E-state index contributed by atoms with van der Waals surface area (Å²) in [7, 11) is 1.63. The summed E-state index contributed by atoms with van der Waals surface area (Å²) in [4.78, 5) is 23.9. The van der Waals surface area contributed by atoms with E-state index in [0.717, 1.165) is 25.7 Å². The van der Waals surface area contributed by atoms with E-state index >= 15 is 0 Å². The first-order valence-corrected chi connectivity index (χ1v) is 9.02. The third-order valence-electron chi connectivity index (χ3n) is 4.34. The first-order chi connectivity index (χ1) is 11.5. The molecule has 1 N–H and O–H groups in total. The SMILES string of the molecule is COCCOCCOCCC(=O)NC1CCC(C(=O)C(C)C)CC1. The lowest BCUT2D eigenvalue weighted by Crippen LogP contribution is -2.39. The molecule has 0 unspecified atom stereocenters. The summed E-state index contributed by atoms with van der Waals surface area (Å²) in [5.41, 5.74) is 0. The molecule has 0 bridgehead atoms. The number of carbonyl (C=O) groups excluding carboxylic acids is 2. The zero-order valence-electron chi connectivity index (χ0n) is 15.3. The minimum atomic E-state index is 0.0222. The number of ether oxygens (including phenoxy) is 3. The number of hydrogen-bond acceptors (Lipinski definition) is 5. The van der Waals surface area contributed by atoms with E-state index in [1.807, 2.05) is 13.8 Å². The minimum absolute atomic E-state index is 0.0222. The average molecular weight is 343 g/mol. The predicted molar refractivity (Wildman–Crippen MR) is 91.9 cm³/mol. The van der Waals surface area contributed by atoms with Crippen molar-refractivity contribution < 1.29 is 23.8 Å². The summed E-state index contributed by atoms with van der Waals surface area (Å²) in [6, 6.07) is 0.200. The summed E-state index contributed by atoms with van der Waals surface area (Å²) in [6.07, 6.45) is 3.92. The van der Waals surface area contributed by atoms with Gasteiger partial charge in [-0.25, -0.2) is 0 Å². The molecule has 0 spiro atoms. The normalized spacial score (nSPS) is 21.0. The van der Waals surface area contributed by atoms with Crippen LogP contribution in [0.2, 0.25) is 0 Å². The molecular formula is C18H33NO5. The number of Topliss-reactive ketones (excluding diaryl/α,β-unsaturated/α-hetero) is 1. The van der Waals surface area contributed by atoms with Crippen LogP contribution in [-0.2, 0) is 23.8 Å². The van der Waals surface area contributed by atoms with E-state index in [1.165, 1.54) is 0 Å². The van der Waals surface area contributed by atoms with Gasteiger partial charge in [0.15, 0.2) is 0 Å². The Bertz CT molecular complexity index is 364. The zero-order valence-corrected chi connectivity index (χ0v) is 15.3. The van der Waals surface area contributed by atoms with Crippen LogP contribution in [0, 0.1) is 11.8 Å². The molecule has 0 aromatic rings. The number of carbonyl (C=O) groups is 2. The molecule has 1 saturated carbocycles. The van der Waals surface area contributed by atoms with Gasteiger partial charge in [0, 0.05) is 31.4 Å². The van der Waals surface area contributed by atoms with E-state index in [4.69, 9.17) is 14.2 Å². The molecule has 0 aliphatic heterocycles. The first kappa shape index (κ1) is 21.1. The molecule has 0 aromatic carbocycles. The summed E-state index contributed by atoms with van der Waals surface area (Å²) in [5.74, 6) is 0.672. The van der Waals surface area contributed by atoms with Crippen molar-refractivity contribution in [3.63, 3.8) is 0 Å². The smallest absolute Gasteiger partial charge is 0.222 e. The van der Waals surface area contributed by atoms with Gasteiger partial charge in [0.2, 0.25) is 5.91 Å². The molecule has 1 amide bonds. The molecule has 0 aromatic heterocycles. The fourth-order valence-corrected chi connectivity index (χ4v) is 2.92. The monoisotopic (exact) mass is 343 g/mol. The van der Waals surface area contributed by atoms with Crippen LogP contribution >= 0.6 is 0 Å². The van der Waals surface area contributed by atoms with Crippen LogP contribution in [-0.4, -0.2) is 57.9 Å². The lowest BCUT2D eigenvalue weighted by atomic mass is 9.80. The number of ketones is 1. The third-order valence-corrected chi connectivity index (χ3v) is 4.34. The van der Waals surface area contributed by atoms with E-state index in [2.05, 4.69) is 5.32 Å². The Kier molecular flexibility index (Phi) is 10.9. The molecular weight excluding hydrogens is 310 g/mol. The number of hydrogen-bond donors (Lipinski definition) is 1. The van der Waals surface area contributed by atoms with Crippen molar-refractivity contribution in [3.8, 4) is 0 Å². The van der Waals surface area contributed by atoms with Crippen molar-refractivity contribution in [3.05, 3.63) is 0 Å². The van der Waals surface area contributed by atoms with Crippen LogP contribution in [0.1, 0.15) is 46.0 Å². The van der Waals surface area contributed by atoms with Crippen LogP contribution < -0.4 is 5.32 Å². The van der Waals surface area contributed by atoms with Gasteiger partial charge >= 0.3 is 0 Å². The lowest BCUT2D eigenvalue weighted by molar-refractivity contribution is -0.127. The second kappa shape index (κ2) is 12.4. The van der Waals surface area contributed by atoms with Crippen molar-refractivity contribution >= 4 is 11.7 Å². The van der Waals surface area contributed by atoms with Gasteiger partial charge in [-0.2, -0.15) is 0 Å². The lowest BCUT2D eigenvalue weighted by Gasteiger charge is -2.29. The van der Waals surface area contributed by atoms with Crippen LogP contribution in [0.3, 0.4) is 0 Å². The molecule has 0 saturated heterocycles. The molecule has 0 atom stereocenters. The predicted octanol–water partition coefficient (Wildman–Crippen LogP) is 1.96. The van der Waals surface area contributed by atoms with Gasteiger partial charge in [0.05, 0.1) is 33.0 Å². The highest BCUT2D eigenvalue weighted by molar-refractivity contribution is 5.83. The van der Waals surface area contributed by atoms with Crippen molar-refractivity contribution in [2.45, 2.75) is 52.0 Å². The molecule has 1 rings (SSSR count). The maximum Gasteiger partial charge on any atom is 0.222 e. The molecule has 1 aliphatic carbocycles. The maximum absolute atomic E-state index is 12.0. The second-order valence-electron chi connectivity index (χ2n) is 6.64. The maximum atomic E-state index is 12.0. The number of nitrogens with one attached hydrogen (secondary N) is 1. The third kappa shape index (κ3) is 8.76. The summed E-state index contributed by atoms with van der Waals surface area (Å²) < 4.78 is 15.5. The van der Waals surface area contributed by atoms with Crippen molar-refractivity contribution in [2.75, 3.05) is 40.1 Å². The Balaban J connectivity index is 2.03. The highest BCUT2D eigenvalue weighted by atomic mass is 16.5. The van der Waals surface area contributed by atoms with E-state index in [9.17, 15) is 9.59 Å². The molecule has 0 heterocycles. The van der Waals surface area contributed by atoms with Crippen LogP contribution in [0.15, 0.2) is 0 Å². The quantitative estimate of drug-likeness (QED) is 0.548. The van der Waals surface area contributed by atoms with Crippen molar-refractivity contribution in [2.24, 2.45) is 11.8 Å². The fourth-order valence-electron chi connectivity index (χ4n) is 2.92. The topological polar surface area (TPSA) is 73.9 Å². The van der Waals surface area contributed by atoms with Gasteiger partial charge < -0.3 is 19.5 Å². The molecule has 6 heteroatoms. The van der Waals surface area contributed by atoms with Crippen LogP contribution in [0.4, 0.5) is 0 Å². The van der Waals surface area contributed by atoms with Crippen molar-refractivity contribution in [1.82, 2.24) is 5.32 Å². The average Bonchev–Trinajstić information content (AvgIpc) is 2.57. The van der Waals surface area contributed by atoms with Gasteiger partial charge in [-0.15, -0.1) is 0 Å². The molecule has 0 radical (unpaired) electrons. The highest BCUT2D eigenvalue weighted by Crippen LogP contribution is 2.27. The Hall–Kier alpha value is -0.980.